The van der Waals surface area contributed by atoms with Gasteiger partial charge in [0, 0.05) is 12.1 Å². The van der Waals surface area contributed by atoms with Gasteiger partial charge in [0.15, 0.2) is 0 Å². The Morgan fingerprint density at radius 2 is 2.21 bits per heavy atom. The first-order chi connectivity index (χ1) is 6.38. The predicted molar refractivity (Wildman–Crippen MR) is 56.3 cm³/mol. The van der Waals surface area contributed by atoms with Gasteiger partial charge in [0.2, 0.25) is 0 Å². The van der Waals surface area contributed by atoms with E-state index in [2.05, 4.69) is 25.7 Å². The van der Waals surface area contributed by atoms with Gasteiger partial charge in [-0.1, -0.05) is 13.8 Å². The van der Waals surface area contributed by atoms with E-state index in [1.54, 1.807) is 0 Å². The van der Waals surface area contributed by atoms with Crippen molar-refractivity contribution in [2.45, 2.75) is 52.1 Å². The smallest absolute Gasteiger partial charge is 0.320 e. The summed E-state index contributed by atoms with van der Waals surface area (Å²) in [6, 6.07) is -0.310. The van der Waals surface area contributed by atoms with Crippen molar-refractivity contribution in [2.24, 2.45) is 5.92 Å². The van der Waals surface area contributed by atoms with Crippen LogP contribution >= 0.6 is 0 Å². The molecule has 14 heavy (non-hydrogen) atoms. The van der Waals surface area contributed by atoms with E-state index in [1.165, 1.54) is 0 Å². The van der Waals surface area contributed by atoms with Crippen LogP contribution in [-0.4, -0.2) is 34.1 Å². The van der Waals surface area contributed by atoms with Gasteiger partial charge in [0.05, 0.1) is 0 Å². The first-order valence-electron chi connectivity index (χ1n) is 5.38. The van der Waals surface area contributed by atoms with E-state index in [9.17, 15) is 4.79 Å². The minimum absolute atomic E-state index is 0.0402. The summed E-state index contributed by atoms with van der Waals surface area (Å²) in [6.07, 6.45) is 1.78. The second-order valence-electron chi connectivity index (χ2n) is 5.04. The molecule has 0 bridgehead atoms. The largest absolute Gasteiger partial charge is 0.480 e. The van der Waals surface area contributed by atoms with E-state index in [-0.39, 0.29) is 11.6 Å². The maximum Gasteiger partial charge on any atom is 0.320 e. The van der Waals surface area contributed by atoms with Crippen LogP contribution < -0.4 is 0 Å². The topological polar surface area (TPSA) is 40.5 Å². The molecule has 1 aliphatic heterocycles. The first-order valence-corrected chi connectivity index (χ1v) is 5.38. The Balaban J connectivity index is 2.80. The molecular weight excluding hydrogens is 178 g/mol. The molecule has 1 heterocycles. The average Bonchev–Trinajstić information content (AvgIpc) is 2.26. The number of rotatable bonds is 3. The summed E-state index contributed by atoms with van der Waals surface area (Å²) in [4.78, 5) is 13.2. The highest BCUT2D eigenvalue weighted by atomic mass is 16.4. The Morgan fingerprint density at radius 1 is 1.64 bits per heavy atom. The molecule has 1 saturated heterocycles. The van der Waals surface area contributed by atoms with E-state index < -0.39 is 5.97 Å². The zero-order valence-corrected chi connectivity index (χ0v) is 9.58. The van der Waals surface area contributed by atoms with Crippen LogP contribution in [0, 0.1) is 5.92 Å². The minimum atomic E-state index is -0.685. The highest BCUT2D eigenvalue weighted by Crippen LogP contribution is 2.34. The maximum absolute atomic E-state index is 11.1. The molecule has 0 aromatic rings. The van der Waals surface area contributed by atoms with Crippen LogP contribution in [0.4, 0.5) is 0 Å². The fourth-order valence-electron chi connectivity index (χ4n) is 2.69. The van der Waals surface area contributed by atoms with Crippen LogP contribution in [0.15, 0.2) is 0 Å². The standard InChI is InChI=1S/C11H21NO2/c1-5-9(10(13)14)12-7-8(2)6-11(12,3)4/h8-9H,5-7H2,1-4H3,(H,13,14). The summed E-state index contributed by atoms with van der Waals surface area (Å²) in [6.45, 7) is 9.33. The highest BCUT2D eigenvalue weighted by Gasteiger charge is 2.41. The lowest BCUT2D eigenvalue weighted by atomic mass is 9.96. The predicted octanol–water partition coefficient (Wildman–Crippen LogP) is 1.97. The fraction of sp³-hybridized carbons (Fsp3) is 0.909. The van der Waals surface area contributed by atoms with Crippen molar-refractivity contribution in [3.05, 3.63) is 0 Å². The van der Waals surface area contributed by atoms with E-state index >= 15 is 0 Å². The molecule has 3 nitrogen and oxygen atoms in total. The van der Waals surface area contributed by atoms with Gasteiger partial charge in [-0.2, -0.15) is 0 Å². The second-order valence-corrected chi connectivity index (χ2v) is 5.04. The molecular formula is C11H21NO2. The molecule has 0 aromatic heterocycles. The lowest BCUT2D eigenvalue weighted by Gasteiger charge is -2.35. The van der Waals surface area contributed by atoms with Crippen LogP contribution in [0.1, 0.15) is 40.5 Å². The number of nitrogens with zero attached hydrogens (tertiary/aromatic N) is 1. The minimum Gasteiger partial charge on any atom is -0.480 e. The van der Waals surface area contributed by atoms with Crippen molar-refractivity contribution in [3.8, 4) is 0 Å². The molecule has 1 N–H and O–H groups in total. The SMILES string of the molecule is CCC(C(=O)O)N1CC(C)CC1(C)C. The van der Waals surface area contributed by atoms with Crippen LogP contribution in [0.25, 0.3) is 0 Å². The molecule has 1 aliphatic rings. The quantitative estimate of drug-likeness (QED) is 0.755. The number of likely N-dealkylation sites (tertiary alicyclic amines) is 1. The van der Waals surface area contributed by atoms with Crippen LogP contribution in [-0.2, 0) is 4.79 Å². The van der Waals surface area contributed by atoms with Gasteiger partial charge < -0.3 is 5.11 Å². The van der Waals surface area contributed by atoms with Gasteiger partial charge in [0.25, 0.3) is 0 Å². The van der Waals surface area contributed by atoms with E-state index in [0.29, 0.717) is 12.3 Å². The van der Waals surface area contributed by atoms with Gasteiger partial charge in [-0.3, -0.25) is 9.69 Å². The molecule has 0 aromatic carbocycles. The van der Waals surface area contributed by atoms with Crippen LogP contribution in [0.2, 0.25) is 0 Å². The summed E-state index contributed by atoms with van der Waals surface area (Å²) in [5.41, 5.74) is 0.0402. The summed E-state index contributed by atoms with van der Waals surface area (Å²) < 4.78 is 0. The summed E-state index contributed by atoms with van der Waals surface area (Å²) in [5.74, 6) is -0.0759. The molecule has 0 amide bonds. The third-order valence-corrected chi connectivity index (χ3v) is 3.18. The third kappa shape index (κ3) is 2.08. The lowest BCUT2D eigenvalue weighted by molar-refractivity contribution is -0.145. The number of carbonyl (C=O) groups is 1. The van der Waals surface area contributed by atoms with Crippen molar-refractivity contribution in [1.29, 1.82) is 0 Å². The molecule has 3 heteroatoms. The van der Waals surface area contributed by atoms with Gasteiger partial charge in [0.1, 0.15) is 6.04 Å². The van der Waals surface area contributed by atoms with E-state index in [4.69, 9.17) is 5.11 Å². The van der Waals surface area contributed by atoms with Gasteiger partial charge in [-0.25, -0.2) is 0 Å². The van der Waals surface area contributed by atoms with Crippen molar-refractivity contribution in [1.82, 2.24) is 4.90 Å². The second kappa shape index (κ2) is 3.89. The summed E-state index contributed by atoms with van der Waals surface area (Å²) in [5, 5.41) is 9.11. The Kier molecular flexibility index (Phi) is 3.20. The average molecular weight is 199 g/mol. The van der Waals surface area contributed by atoms with Crippen molar-refractivity contribution in [3.63, 3.8) is 0 Å². The normalized spacial score (nSPS) is 29.0. The number of aliphatic carboxylic acids is 1. The zero-order chi connectivity index (χ0) is 10.9. The Morgan fingerprint density at radius 3 is 2.50 bits per heavy atom. The molecule has 2 unspecified atom stereocenters. The Bertz CT molecular complexity index is 225. The molecule has 0 radical (unpaired) electrons. The van der Waals surface area contributed by atoms with E-state index in [0.717, 1.165) is 13.0 Å². The number of hydrogen-bond acceptors (Lipinski definition) is 2. The Labute approximate surface area is 86.1 Å². The molecule has 1 fully saturated rings. The van der Waals surface area contributed by atoms with Gasteiger partial charge >= 0.3 is 5.97 Å². The fourth-order valence-corrected chi connectivity index (χ4v) is 2.69. The molecule has 1 rings (SSSR count). The monoisotopic (exact) mass is 199 g/mol. The van der Waals surface area contributed by atoms with Crippen molar-refractivity contribution < 1.29 is 9.90 Å². The van der Waals surface area contributed by atoms with Gasteiger partial charge in [-0.05, 0) is 32.6 Å². The van der Waals surface area contributed by atoms with Crippen LogP contribution in [0.3, 0.4) is 0 Å². The van der Waals surface area contributed by atoms with E-state index in [1.807, 2.05) is 6.92 Å². The van der Waals surface area contributed by atoms with Gasteiger partial charge in [-0.15, -0.1) is 0 Å². The third-order valence-electron chi connectivity index (χ3n) is 3.18. The molecule has 0 saturated carbocycles. The first kappa shape index (κ1) is 11.5. The zero-order valence-electron chi connectivity index (χ0n) is 9.58. The summed E-state index contributed by atoms with van der Waals surface area (Å²) >= 11 is 0. The molecule has 0 aliphatic carbocycles. The van der Waals surface area contributed by atoms with Crippen molar-refractivity contribution >= 4 is 5.97 Å². The molecule has 0 spiro atoms. The van der Waals surface area contributed by atoms with Crippen molar-refractivity contribution in [2.75, 3.05) is 6.54 Å². The number of hydrogen-bond donors (Lipinski definition) is 1. The highest BCUT2D eigenvalue weighted by molar-refractivity contribution is 5.73. The molecule has 2 atom stereocenters. The Hall–Kier alpha value is -0.570. The number of carboxylic acids is 1. The lowest BCUT2D eigenvalue weighted by Crippen LogP contribution is -2.48. The maximum atomic E-state index is 11.1. The summed E-state index contributed by atoms with van der Waals surface area (Å²) in [7, 11) is 0. The number of carboxylic acid groups (broad SMARTS) is 1. The molecule has 82 valence electrons. The van der Waals surface area contributed by atoms with Crippen LogP contribution in [0.5, 0.6) is 0 Å².